The molecule has 7 rings (SSSR count). The monoisotopic (exact) mass is 810 g/mol. The molecule has 2 saturated heterocycles. The fraction of sp³-hybridized carbons (Fsp3) is 0.561. The van der Waals surface area contributed by atoms with Gasteiger partial charge in [0.25, 0.3) is 0 Å². The summed E-state index contributed by atoms with van der Waals surface area (Å²) in [4.78, 5) is 13.3. The number of rotatable bonds is 10. The standard InChI is InChI=1S/C41H47F9N6O/c42-39(43,44)32-23-31(36(51-25-32)55-18-10-17-33(55)28-11-4-1-5-12-28)24-52-37-53-26-38(54-19-21-57-22-20-54,34(40(45,46)47)29-13-6-2-7-14-29)27-56(37)35(41(48,49)50)30-15-8-3-9-16-30/h2-3,6-9,13-16,23,25-26,28,33-35,37,52H,1,4-5,10-12,17-22,24,27H2/t33-,34?,35?,37?,38?/m1/s1. The normalized spacial score (nSPS) is 25.8. The number of anilines is 1. The molecule has 3 aromatic rings. The Morgan fingerprint density at radius 3 is 2.04 bits per heavy atom. The number of hydrogen-bond donors (Lipinski definition) is 1. The van der Waals surface area contributed by atoms with Gasteiger partial charge in [0.15, 0.2) is 6.29 Å². The third-order valence-electron chi connectivity index (χ3n) is 12.0. The van der Waals surface area contributed by atoms with Crippen molar-refractivity contribution in [1.29, 1.82) is 0 Å². The van der Waals surface area contributed by atoms with Crippen molar-refractivity contribution in [3.8, 4) is 0 Å². The minimum absolute atomic E-state index is 0.00332. The van der Waals surface area contributed by atoms with Gasteiger partial charge < -0.3 is 9.64 Å². The second kappa shape index (κ2) is 16.9. The van der Waals surface area contributed by atoms with Crippen LogP contribution in [0.2, 0.25) is 0 Å². The first-order valence-corrected chi connectivity index (χ1v) is 19.6. The average molecular weight is 811 g/mol. The summed E-state index contributed by atoms with van der Waals surface area (Å²) in [6, 6.07) is 12.5. The number of alkyl halides is 9. The molecule has 2 aromatic carbocycles. The molecule has 3 aliphatic heterocycles. The fourth-order valence-corrected chi connectivity index (χ4v) is 9.54. The van der Waals surface area contributed by atoms with Crippen molar-refractivity contribution in [1.82, 2.24) is 20.1 Å². The average Bonchev–Trinajstić information content (AvgIpc) is 3.68. The lowest BCUT2D eigenvalue weighted by molar-refractivity contribution is -0.211. The third-order valence-corrected chi connectivity index (χ3v) is 12.0. The van der Waals surface area contributed by atoms with Crippen molar-refractivity contribution in [2.24, 2.45) is 10.9 Å². The van der Waals surface area contributed by atoms with Crippen LogP contribution in [0.25, 0.3) is 0 Å². The number of halogens is 9. The maximum absolute atomic E-state index is 15.6. The molecule has 7 nitrogen and oxygen atoms in total. The summed E-state index contributed by atoms with van der Waals surface area (Å²) in [5.74, 6) is -1.65. The topological polar surface area (TPSA) is 56.2 Å². The number of aromatic nitrogens is 1. The first kappa shape index (κ1) is 41.4. The number of nitrogens with one attached hydrogen (secondary N) is 1. The molecule has 0 amide bonds. The number of benzene rings is 2. The molecular formula is C41H47F9N6O. The van der Waals surface area contributed by atoms with Gasteiger partial charge in [0, 0.05) is 56.7 Å². The SMILES string of the molecule is FC(F)(F)c1cnc(N2CCC[C@@H]2C2CCCCC2)c(CNC2N=CC(C(c3ccccc3)C(F)(F)F)(N3CCOCC3)CN2C(c2ccccc2)C(F)(F)F)c1. The number of pyridine rings is 1. The van der Waals surface area contributed by atoms with Gasteiger partial charge in [-0.05, 0) is 48.8 Å². The van der Waals surface area contributed by atoms with Crippen molar-refractivity contribution in [3.63, 3.8) is 0 Å². The highest BCUT2D eigenvalue weighted by Gasteiger charge is 2.61. The van der Waals surface area contributed by atoms with Crippen LogP contribution < -0.4 is 10.2 Å². The van der Waals surface area contributed by atoms with Crippen LogP contribution in [0.5, 0.6) is 0 Å². The summed E-state index contributed by atoms with van der Waals surface area (Å²) in [5, 5.41) is 2.97. The molecule has 57 heavy (non-hydrogen) atoms. The molecule has 0 radical (unpaired) electrons. The van der Waals surface area contributed by atoms with Gasteiger partial charge in [0.1, 0.15) is 17.8 Å². The zero-order chi connectivity index (χ0) is 40.4. The van der Waals surface area contributed by atoms with Crippen LogP contribution in [0.15, 0.2) is 77.9 Å². The Morgan fingerprint density at radius 1 is 0.772 bits per heavy atom. The number of aliphatic imine (C=N–C) groups is 1. The quantitative estimate of drug-likeness (QED) is 0.206. The van der Waals surface area contributed by atoms with Crippen molar-refractivity contribution in [2.45, 2.75) is 99.8 Å². The molecule has 0 bridgehead atoms. The minimum atomic E-state index is -5.00. The first-order chi connectivity index (χ1) is 27.2. The van der Waals surface area contributed by atoms with E-state index in [9.17, 15) is 13.2 Å². The lowest BCUT2D eigenvalue weighted by atomic mass is 9.76. The number of ether oxygens (including phenoxy) is 1. The predicted molar refractivity (Wildman–Crippen MR) is 198 cm³/mol. The molecule has 310 valence electrons. The molecule has 1 saturated carbocycles. The van der Waals surface area contributed by atoms with Gasteiger partial charge in [-0.25, -0.2) is 4.98 Å². The van der Waals surface area contributed by atoms with Crippen LogP contribution in [-0.2, 0) is 17.5 Å². The second-order valence-electron chi connectivity index (χ2n) is 15.5. The molecule has 1 aromatic heterocycles. The highest BCUT2D eigenvalue weighted by Crippen LogP contribution is 2.49. The zero-order valence-corrected chi connectivity index (χ0v) is 31.3. The lowest BCUT2D eigenvalue weighted by Gasteiger charge is -2.54. The molecule has 4 unspecified atom stereocenters. The van der Waals surface area contributed by atoms with Gasteiger partial charge in [0.05, 0.1) is 24.3 Å². The van der Waals surface area contributed by atoms with Crippen LogP contribution in [0.3, 0.4) is 0 Å². The van der Waals surface area contributed by atoms with E-state index in [0.29, 0.717) is 18.3 Å². The highest BCUT2D eigenvalue weighted by molar-refractivity contribution is 5.74. The molecule has 4 aliphatic rings. The van der Waals surface area contributed by atoms with Crippen LogP contribution in [0, 0.1) is 5.92 Å². The van der Waals surface area contributed by atoms with Crippen LogP contribution >= 0.6 is 0 Å². The first-order valence-electron chi connectivity index (χ1n) is 19.6. The smallest absolute Gasteiger partial charge is 0.379 e. The maximum Gasteiger partial charge on any atom is 0.417 e. The molecule has 1 N–H and O–H groups in total. The lowest BCUT2D eigenvalue weighted by Crippen LogP contribution is -2.70. The van der Waals surface area contributed by atoms with Crippen molar-refractivity contribution in [3.05, 3.63) is 95.2 Å². The maximum atomic E-state index is 15.6. The van der Waals surface area contributed by atoms with E-state index in [1.165, 1.54) is 59.5 Å². The van der Waals surface area contributed by atoms with E-state index in [0.717, 1.165) is 68.3 Å². The van der Waals surface area contributed by atoms with Crippen molar-refractivity contribution >= 4 is 12.0 Å². The number of nitrogens with zero attached hydrogens (tertiary/aromatic N) is 5. The Labute approximate surface area is 326 Å². The van der Waals surface area contributed by atoms with E-state index in [1.807, 2.05) is 4.90 Å². The van der Waals surface area contributed by atoms with Crippen LogP contribution in [0.1, 0.15) is 79.2 Å². The zero-order valence-electron chi connectivity index (χ0n) is 31.3. The van der Waals surface area contributed by atoms with E-state index < -0.39 is 54.4 Å². The van der Waals surface area contributed by atoms with E-state index in [-0.39, 0.29) is 55.6 Å². The van der Waals surface area contributed by atoms with Crippen LogP contribution in [0.4, 0.5) is 45.3 Å². The molecule has 3 fully saturated rings. The van der Waals surface area contributed by atoms with E-state index >= 15 is 26.3 Å². The number of hydrogen-bond acceptors (Lipinski definition) is 7. The Kier molecular flexibility index (Phi) is 12.3. The Balaban J connectivity index is 1.33. The summed E-state index contributed by atoms with van der Waals surface area (Å²) < 4.78 is 141. The summed E-state index contributed by atoms with van der Waals surface area (Å²) in [5.41, 5.74) is -3.39. The van der Waals surface area contributed by atoms with Gasteiger partial charge in [-0.2, -0.15) is 39.5 Å². The Bertz CT molecular complexity index is 1800. The number of morpholine rings is 1. The highest BCUT2D eigenvalue weighted by atomic mass is 19.4. The van der Waals surface area contributed by atoms with E-state index in [2.05, 4.69) is 15.3 Å². The van der Waals surface area contributed by atoms with Crippen molar-refractivity contribution < 1.29 is 44.3 Å². The minimum Gasteiger partial charge on any atom is -0.379 e. The van der Waals surface area contributed by atoms with E-state index in [4.69, 9.17) is 4.74 Å². The molecule has 16 heteroatoms. The van der Waals surface area contributed by atoms with Gasteiger partial charge >= 0.3 is 18.5 Å². The van der Waals surface area contributed by atoms with Gasteiger partial charge in [0.2, 0.25) is 0 Å². The van der Waals surface area contributed by atoms with Gasteiger partial charge in [-0.15, -0.1) is 0 Å². The van der Waals surface area contributed by atoms with E-state index in [1.54, 1.807) is 6.07 Å². The second-order valence-corrected chi connectivity index (χ2v) is 15.5. The Morgan fingerprint density at radius 2 is 1.42 bits per heavy atom. The molecule has 0 spiro atoms. The fourth-order valence-electron chi connectivity index (χ4n) is 9.54. The molecule has 4 heterocycles. The summed E-state index contributed by atoms with van der Waals surface area (Å²) in [6.07, 6.45) is -7.49. The van der Waals surface area contributed by atoms with Gasteiger partial charge in [-0.3, -0.25) is 20.1 Å². The summed E-state index contributed by atoms with van der Waals surface area (Å²) in [7, 11) is 0. The largest absolute Gasteiger partial charge is 0.417 e. The Hall–Kier alpha value is -3.73. The van der Waals surface area contributed by atoms with Crippen molar-refractivity contribution in [2.75, 3.05) is 44.3 Å². The molecular weight excluding hydrogens is 763 g/mol. The summed E-state index contributed by atoms with van der Waals surface area (Å²) >= 11 is 0. The predicted octanol–water partition coefficient (Wildman–Crippen LogP) is 9.13. The van der Waals surface area contributed by atoms with Crippen LogP contribution in [-0.4, -0.2) is 90.6 Å². The molecule has 1 aliphatic carbocycles. The van der Waals surface area contributed by atoms with Gasteiger partial charge in [-0.1, -0.05) is 79.9 Å². The third kappa shape index (κ3) is 8.98. The molecule has 5 atom stereocenters. The summed E-state index contributed by atoms with van der Waals surface area (Å²) in [6.45, 7) is -0.499.